The van der Waals surface area contributed by atoms with Crippen LogP contribution < -0.4 is 10.1 Å². The molecule has 0 heterocycles. The first-order chi connectivity index (χ1) is 11.9. The van der Waals surface area contributed by atoms with Gasteiger partial charge >= 0.3 is 0 Å². The van der Waals surface area contributed by atoms with E-state index in [1.54, 1.807) is 18.2 Å². The quantitative estimate of drug-likeness (QED) is 0.431. The van der Waals surface area contributed by atoms with E-state index in [-0.39, 0.29) is 10.6 Å². The number of non-ortho nitro benzene ring substituents is 1. The molecule has 0 saturated carbocycles. The van der Waals surface area contributed by atoms with Gasteiger partial charge in [-0.2, -0.15) is 5.10 Å². The molecule has 0 aliphatic heterocycles. The Morgan fingerprint density at radius 1 is 1.12 bits per heavy atom. The zero-order chi connectivity index (χ0) is 18.3. The average molecular weight is 362 g/mol. The molecule has 0 radical (unpaired) electrons. The van der Waals surface area contributed by atoms with Crippen molar-refractivity contribution in [1.82, 2.24) is 10.1 Å². The molecular weight excluding hydrogens is 348 g/mol. The summed E-state index contributed by atoms with van der Waals surface area (Å²) in [5, 5.41) is 14.2. The SMILES string of the molecule is O=C(CNS(=O)(=O)c1ccccc1)N/N=C\c1ccc([N+](=O)[O-])cc1. The zero-order valence-corrected chi connectivity index (χ0v) is 13.6. The monoisotopic (exact) mass is 362 g/mol. The molecule has 1 amide bonds. The lowest BCUT2D eigenvalue weighted by Gasteiger charge is -2.05. The number of hydrogen-bond donors (Lipinski definition) is 2. The van der Waals surface area contributed by atoms with Gasteiger partial charge in [-0.15, -0.1) is 0 Å². The number of hydrogen-bond acceptors (Lipinski definition) is 6. The van der Waals surface area contributed by atoms with Crippen LogP contribution in [0, 0.1) is 10.1 Å². The van der Waals surface area contributed by atoms with Crippen LogP contribution in [0.2, 0.25) is 0 Å². The summed E-state index contributed by atoms with van der Waals surface area (Å²) >= 11 is 0. The number of carbonyl (C=O) groups excluding carboxylic acids is 1. The molecule has 0 fully saturated rings. The van der Waals surface area contributed by atoms with Gasteiger partial charge in [0, 0.05) is 12.1 Å². The molecule has 0 aliphatic carbocycles. The van der Waals surface area contributed by atoms with E-state index in [0.717, 1.165) is 0 Å². The molecule has 0 aromatic heterocycles. The average Bonchev–Trinajstić information content (AvgIpc) is 2.61. The summed E-state index contributed by atoms with van der Waals surface area (Å²) in [7, 11) is -3.77. The molecule has 0 spiro atoms. The standard InChI is InChI=1S/C15H14N4O5S/c20-15(11-17-25(23,24)14-4-2-1-3-5-14)18-16-10-12-6-8-13(9-7-12)19(21)22/h1-10,17H,11H2,(H,18,20)/b16-10-. The van der Waals surface area contributed by atoms with Crippen LogP contribution >= 0.6 is 0 Å². The second-order valence-corrected chi connectivity index (χ2v) is 6.55. The minimum absolute atomic E-state index is 0.0529. The van der Waals surface area contributed by atoms with E-state index in [2.05, 4.69) is 15.2 Å². The third-order valence-electron chi connectivity index (χ3n) is 2.98. The van der Waals surface area contributed by atoms with E-state index in [9.17, 15) is 23.3 Å². The summed E-state index contributed by atoms with van der Waals surface area (Å²) in [6.07, 6.45) is 1.29. The third kappa shape index (κ3) is 5.48. The number of amides is 1. The lowest BCUT2D eigenvalue weighted by atomic mass is 10.2. The minimum atomic E-state index is -3.77. The molecule has 2 aromatic carbocycles. The van der Waals surface area contributed by atoms with E-state index >= 15 is 0 Å². The summed E-state index contributed by atoms with van der Waals surface area (Å²) in [5.74, 6) is -0.655. The number of hydrazone groups is 1. The number of rotatable bonds is 7. The number of nitrogens with one attached hydrogen (secondary N) is 2. The molecule has 2 N–H and O–H groups in total. The van der Waals surface area contributed by atoms with Crippen molar-refractivity contribution in [2.45, 2.75) is 4.90 Å². The number of nitro benzene ring substituents is 1. The van der Waals surface area contributed by atoms with Crippen molar-refractivity contribution >= 4 is 27.8 Å². The van der Waals surface area contributed by atoms with Gasteiger partial charge in [0.15, 0.2) is 0 Å². The van der Waals surface area contributed by atoms with Gasteiger partial charge in [-0.25, -0.2) is 18.6 Å². The van der Waals surface area contributed by atoms with Gasteiger partial charge in [0.2, 0.25) is 10.0 Å². The van der Waals surface area contributed by atoms with Gasteiger partial charge < -0.3 is 0 Å². The molecule has 2 rings (SSSR count). The largest absolute Gasteiger partial charge is 0.272 e. The highest BCUT2D eigenvalue weighted by Gasteiger charge is 2.14. The van der Waals surface area contributed by atoms with Crippen LogP contribution in [0.5, 0.6) is 0 Å². The molecule has 25 heavy (non-hydrogen) atoms. The number of carbonyl (C=O) groups is 1. The number of benzene rings is 2. The van der Waals surface area contributed by atoms with Crippen molar-refractivity contribution in [1.29, 1.82) is 0 Å². The van der Waals surface area contributed by atoms with E-state index < -0.39 is 27.4 Å². The van der Waals surface area contributed by atoms with Gasteiger partial charge in [-0.1, -0.05) is 18.2 Å². The molecule has 10 heteroatoms. The first-order valence-corrected chi connectivity index (χ1v) is 8.48. The summed E-state index contributed by atoms with van der Waals surface area (Å²) < 4.78 is 26.0. The normalized spacial score (nSPS) is 11.4. The van der Waals surface area contributed by atoms with E-state index in [1.165, 1.54) is 42.6 Å². The maximum atomic E-state index is 11.9. The second-order valence-electron chi connectivity index (χ2n) is 4.78. The van der Waals surface area contributed by atoms with Crippen molar-refractivity contribution in [2.75, 3.05) is 6.54 Å². The Bertz CT molecular complexity index is 880. The Balaban J connectivity index is 1.85. The maximum absolute atomic E-state index is 11.9. The predicted molar refractivity (Wildman–Crippen MR) is 90.5 cm³/mol. The fourth-order valence-corrected chi connectivity index (χ4v) is 2.75. The molecular formula is C15H14N4O5S. The van der Waals surface area contributed by atoms with Gasteiger partial charge in [0.25, 0.3) is 11.6 Å². The van der Waals surface area contributed by atoms with Gasteiger partial charge in [0.1, 0.15) is 0 Å². The Morgan fingerprint density at radius 2 is 1.76 bits per heavy atom. The topological polar surface area (TPSA) is 131 Å². The highest BCUT2D eigenvalue weighted by Crippen LogP contribution is 2.10. The van der Waals surface area contributed by atoms with Crippen LogP contribution in [0.4, 0.5) is 5.69 Å². The van der Waals surface area contributed by atoms with Crippen LogP contribution in [0.15, 0.2) is 64.6 Å². The van der Waals surface area contributed by atoms with Crippen LogP contribution in [0.25, 0.3) is 0 Å². The summed E-state index contributed by atoms with van der Waals surface area (Å²) in [6, 6.07) is 13.2. The number of nitro groups is 1. The fourth-order valence-electron chi connectivity index (χ4n) is 1.74. The predicted octanol–water partition coefficient (Wildman–Crippen LogP) is 1.02. The second kappa shape index (κ2) is 8.13. The maximum Gasteiger partial charge on any atom is 0.269 e. The van der Waals surface area contributed by atoms with Crippen LogP contribution in [-0.4, -0.2) is 32.0 Å². The van der Waals surface area contributed by atoms with Crippen LogP contribution in [-0.2, 0) is 14.8 Å². The Labute approximate surface area is 143 Å². The number of nitrogens with zero attached hydrogens (tertiary/aromatic N) is 2. The van der Waals surface area contributed by atoms with Gasteiger partial charge in [-0.05, 0) is 29.8 Å². The van der Waals surface area contributed by atoms with Crippen LogP contribution in [0.3, 0.4) is 0 Å². The fraction of sp³-hybridized carbons (Fsp3) is 0.0667. The Morgan fingerprint density at radius 3 is 2.36 bits per heavy atom. The minimum Gasteiger partial charge on any atom is -0.272 e. The van der Waals surface area contributed by atoms with Crippen molar-refractivity contribution < 1.29 is 18.1 Å². The lowest BCUT2D eigenvalue weighted by molar-refractivity contribution is -0.384. The third-order valence-corrected chi connectivity index (χ3v) is 4.40. The molecule has 130 valence electrons. The first-order valence-electron chi connectivity index (χ1n) is 6.99. The molecule has 2 aromatic rings. The molecule has 0 saturated heterocycles. The highest BCUT2D eigenvalue weighted by molar-refractivity contribution is 7.89. The summed E-state index contributed by atoms with van der Waals surface area (Å²) in [6.45, 7) is -0.477. The molecule has 0 aliphatic rings. The summed E-state index contributed by atoms with van der Waals surface area (Å²) in [4.78, 5) is 21.7. The lowest BCUT2D eigenvalue weighted by Crippen LogP contribution is -2.34. The van der Waals surface area contributed by atoms with E-state index in [1.807, 2.05) is 0 Å². The van der Waals surface area contributed by atoms with Crippen molar-refractivity contribution in [3.05, 3.63) is 70.3 Å². The Kier molecular flexibility index (Phi) is 5.93. The molecule has 0 bridgehead atoms. The highest BCUT2D eigenvalue weighted by atomic mass is 32.2. The zero-order valence-electron chi connectivity index (χ0n) is 12.8. The Hall–Kier alpha value is -3.11. The molecule has 9 nitrogen and oxygen atoms in total. The van der Waals surface area contributed by atoms with Crippen LogP contribution in [0.1, 0.15) is 5.56 Å². The smallest absolute Gasteiger partial charge is 0.269 e. The van der Waals surface area contributed by atoms with E-state index in [0.29, 0.717) is 5.56 Å². The summed E-state index contributed by atoms with van der Waals surface area (Å²) in [5.41, 5.74) is 2.64. The van der Waals surface area contributed by atoms with Crippen molar-refractivity contribution in [3.8, 4) is 0 Å². The van der Waals surface area contributed by atoms with Gasteiger partial charge in [0.05, 0.1) is 22.6 Å². The van der Waals surface area contributed by atoms with Crippen molar-refractivity contribution in [2.24, 2.45) is 5.10 Å². The van der Waals surface area contributed by atoms with E-state index in [4.69, 9.17) is 0 Å². The van der Waals surface area contributed by atoms with Crippen molar-refractivity contribution in [3.63, 3.8) is 0 Å². The first kappa shape index (κ1) is 18.2. The number of sulfonamides is 1. The molecule has 0 unspecified atom stereocenters. The van der Waals surface area contributed by atoms with Gasteiger partial charge in [-0.3, -0.25) is 14.9 Å². The molecule has 0 atom stereocenters.